The van der Waals surface area contributed by atoms with E-state index >= 15 is 0 Å². The molecular weight excluding hydrogens is 214 g/mol. The van der Waals surface area contributed by atoms with E-state index in [1.165, 1.54) is 11.6 Å². The monoisotopic (exact) mass is 231 g/mol. The van der Waals surface area contributed by atoms with Crippen molar-refractivity contribution in [2.75, 3.05) is 0 Å². The fourth-order valence-electron chi connectivity index (χ4n) is 1.87. The number of carbonyl (C=O) groups excluding carboxylic acids is 1. The Hall–Kier alpha value is -1.61. The van der Waals surface area contributed by atoms with Crippen LogP contribution in [0, 0.1) is 0 Å². The van der Waals surface area contributed by atoms with Gasteiger partial charge in [-0.2, -0.15) is 0 Å². The first-order valence-electron chi connectivity index (χ1n) is 5.86. The van der Waals surface area contributed by atoms with Gasteiger partial charge in [-0.3, -0.25) is 4.79 Å². The summed E-state index contributed by atoms with van der Waals surface area (Å²) >= 11 is 0. The van der Waals surface area contributed by atoms with Crippen LogP contribution in [0.2, 0.25) is 0 Å². The number of ether oxygens (including phenoxy) is 1. The fraction of sp³-hybridized carbons (Fsp3) is 0.357. The van der Waals surface area contributed by atoms with Crippen molar-refractivity contribution in [3.8, 4) is 0 Å². The molecule has 3 heteroatoms. The summed E-state index contributed by atoms with van der Waals surface area (Å²) in [5.41, 5.74) is 1.19. The van der Waals surface area contributed by atoms with Gasteiger partial charge >= 0.3 is 0 Å². The number of carbonyl (C=O) groups is 1. The average molecular weight is 231 g/mol. The molecule has 3 nitrogen and oxygen atoms in total. The molecule has 0 unspecified atom stereocenters. The summed E-state index contributed by atoms with van der Waals surface area (Å²) in [5.74, 6) is -0.100. The zero-order valence-corrected chi connectivity index (χ0v) is 9.76. The van der Waals surface area contributed by atoms with Gasteiger partial charge in [-0.05, 0) is 24.5 Å². The third-order valence-corrected chi connectivity index (χ3v) is 2.96. The maximum atomic E-state index is 11.0. The molecule has 0 atom stereocenters. The van der Waals surface area contributed by atoms with Gasteiger partial charge < -0.3 is 10.1 Å². The third-order valence-electron chi connectivity index (χ3n) is 2.96. The Bertz CT molecular complexity index is 382. The number of rotatable bonds is 5. The third kappa shape index (κ3) is 3.43. The average Bonchev–Trinajstić information content (AvgIpc) is 2.32. The maximum absolute atomic E-state index is 11.0. The Morgan fingerprint density at radius 2 is 2.12 bits per heavy atom. The molecule has 0 bridgehead atoms. The van der Waals surface area contributed by atoms with Crippen LogP contribution >= 0.6 is 0 Å². The minimum Gasteiger partial charge on any atom is -0.373 e. The first-order valence-corrected chi connectivity index (χ1v) is 5.86. The van der Waals surface area contributed by atoms with Gasteiger partial charge in [-0.15, -0.1) is 0 Å². The highest BCUT2D eigenvalue weighted by Crippen LogP contribution is 2.24. The molecule has 0 radical (unpaired) electrons. The lowest BCUT2D eigenvalue weighted by Crippen LogP contribution is -2.47. The van der Waals surface area contributed by atoms with Crippen LogP contribution < -0.4 is 5.32 Å². The zero-order valence-electron chi connectivity index (χ0n) is 9.76. The Morgan fingerprint density at radius 3 is 2.76 bits per heavy atom. The molecule has 1 aromatic carbocycles. The number of benzene rings is 1. The summed E-state index contributed by atoms with van der Waals surface area (Å²) < 4.78 is 5.73. The molecule has 0 aromatic heterocycles. The maximum Gasteiger partial charge on any atom is 0.243 e. The van der Waals surface area contributed by atoms with Gasteiger partial charge in [0.1, 0.15) is 0 Å². The molecule has 1 N–H and O–H groups in total. The van der Waals surface area contributed by atoms with E-state index in [4.69, 9.17) is 4.74 Å². The van der Waals surface area contributed by atoms with E-state index in [0.717, 1.165) is 12.8 Å². The van der Waals surface area contributed by atoms with Crippen molar-refractivity contribution in [3.63, 3.8) is 0 Å². The second-order valence-corrected chi connectivity index (χ2v) is 4.30. The van der Waals surface area contributed by atoms with Crippen molar-refractivity contribution in [2.24, 2.45) is 0 Å². The van der Waals surface area contributed by atoms with E-state index < -0.39 is 0 Å². The quantitative estimate of drug-likeness (QED) is 0.787. The Labute approximate surface area is 101 Å². The van der Waals surface area contributed by atoms with Crippen molar-refractivity contribution in [1.29, 1.82) is 0 Å². The molecule has 1 saturated carbocycles. The SMILES string of the molecule is C=CC(=O)NC1CC(OCc2ccccc2)C1. The first kappa shape index (κ1) is 11.9. The Balaban J connectivity index is 1.64. The highest BCUT2D eigenvalue weighted by Gasteiger charge is 2.30. The highest BCUT2D eigenvalue weighted by atomic mass is 16.5. The lowest BCUT2D eigenvalue weighted by Gasteiger charge is -2.35. The molecule has 0 heterocycles. The van der Waals surface area contributed by atoms with Crippen LogP contribution in [0.4, 0.5) is 0 Å². The number of hydrogen-bond donors (Lipinski definition) is 1. The number of amides is 1. The molecule has 1 aliphatic carbocycles. The van der Waals surface area contributed by atoms with Crippen LogP contribution in [0.15, 0.2) is 43.0 Å². The van der Waals surface area contributed by atoms with Gasteiger partial charge in [0.15, 0.2) is 0 Å². The zero-order chi connectivity index (χ0) is 12.1. The summed E-state index contributed by atoms with van der Waals surface area (Å²) in [5, 5.41) is 2.86. The number of hydrogen-bond acceptors (Lipinski definition) is 2. The van der Waals surface area contributed by atoms with Gasteiger partial charge in [0.05, 0.1) is 12.7 Å². The normalized spacial score (nSPS) is 22.6. The first-order chi connectivity index (χ1) is 8.28. The summed E-state index contributed by atoms with van der Waals surface area (Å²) in [6.45, 7) is 4.07. The van der Waals surface area contributed by atoms with Crippen LogP contribution in [-0.2, 0) is 16.1 Å². The van der Waals surface area contributed by atoms with Crippen LogP contribution in [0.3, 0.4) is 0 Å². The molecule has 0 aliphatic heterocycles. The van der Waals surface area contributed by atoms with E-state index in [2.05, 4.69) is 24.0 Å². The fourth-order valence-corrected chi connectivity index (χ4v) is 1.87. The molecule has 1 fully saturated rings. The topological polar surface area (TPSA) is 38.3 Å². The highest BCUT2D eigenvalue weighted by molar-refractivity contribution is 5.87. The molecule has 90 valence electrons. The molecule has 1 amide bonds. The van der Waals surface area contributed by atoms with E-state index in [1.807, 2.05) is 18.2 Å². The Morgan fingerprint density at radius 1 is 1.41 bits per heavy atom. The van der Waals surface area contributed by atoms with Crippen molar-refractivity contribution in [2.45, 2.75) is 31.6 Å². The van der Waals surface area contributed by atoms with E-state index in [0.29, 0.717) is 6.61 Å². The minimum atomic E-state index is -0.100. The molecule has 17 heavy (non-hydrogen) atoms. The van der Waals surface area contributed by atoms with Gasteiger partial charge in [-0.25, -0.2) is 0 Å². The molecular formula is C14H17NO2. The predicted octanol–water partition coefficient (Wildman–Crippen LogP) is 2.04. The summed E-state index contributed by atoms with van der Waals surface area (Å²) in [6.07, 6.45) is 3.36. The Kier molecular flexibility index (Phi) is 3.94. The molecule has 1 aliphatic rings. The summed E-state index contributed by atoms with van der Waals surface area (Å²) in [6, 6.07) is 10.4. The minimum absolute atomic E-state index is 0.100. The van der Waals surface area contributed by atoms with E-state index in [9.17, 15) is 4.79 Å². The van der Waals surface area contributed by atoms with Crippen LogP contribution in [0.25, 0.3) is 0 Å². The van der Waals surface area contributed by atoms with E-state index in [1.54, 1.807) is 0 Å². The van der Waals surface area contributed by atoms with Crippen molar-refractivity contribution >= 4 is 5.91 Å². The summed E-state index contributed by atoms with van der Waals surface area (Å²) in [7, 11) is 0. The summed E-state index contributed by atoms with van der Waals surface area (Å²) in [4.78, 5) is 11.0. The van der Waals surface area contributed by atoms with Gasteiger partial charge in [0.25, 0.3) is 0 Å². The van der Waals surface area contributed by atoms with Crippen LogP contribution in [0.1, 0.15) is 18.4 Å². The van der Waals surface area contributed by atoms with Crippen molar-refractivity contribution in [3.05, 3.63) is 48.6 Å². The lowest BCUT2D eigenvalue weighted by atomic mass is 9.89. The molecule has 0 saturated heterocycles. The smallest absolute Gasteiger partial charge is 0.243 e. The largest absolute Gasteiger partial charge is 0.373 e. The molecule has 0 spiro atoms. The van der Waals surface area contributed by atoms with Crippen LogP contribution in [0.5, 0.6) is 0 Å². The predicted molar refractivity (Wildman–Crippen MR) is 66.4 cm³/mol. The van der Waals surface area contributed by atoms with Crippen molar-refractivity contribution < 1.29 is 9.53 Å². The lowest BCUT2D eigenvalue weighted by molar-refractivity contribution is -0.119. The second-order valence-electron chi connectivity index (χ2n) is 4.30. The van der Waals surface area contributed by atoms with Gasteiger partial charge in [0, 0.05) is 6.04 Å². The van der Waals surface area contributed by atoms with Gasteiger partial charge in [-0.1, -0.05) is 36.9 Å². The van der Waals surface area contributed by atoms with Crippen LogP contribution in [-0.4, -0.2) is 18.1 Å². The van der Waals surface area contributed by atoms with E-state index in [-0.39, 0.29) is 18.1 Å². The molecule has 1 aromatic rings. The molecule has 2 rings (SSSR count). The van der Waals surface area contributed by atoms with Crippen molar-refractivity contribution in [1.82, 2.24) is 5.32 Å². The standard InChI is InChI=1S/C14H17NO2/c1-2-14(16)15-12-8-13(9-12)17-10-11-6-4-3-5-7-11/h2-7,12-13H,1,8-10H2,(H,15,16). The number of nitrogens with one attached hydrogen (secondary N) is 1. The second kappa shape index (κ2) is 5.64. The van der Waals surface area contributed by atoms with Gasteiger partial charge in [0.2, 0.25) is 5.91 Å².